The Hall–Kier alpha value is -0.920. The van der Waals surface area contributed by atoms with Crippen molar-refractivity contribution in [2.75, 3.05) is 20.6 Å². The molecule has 0 heterocycles. The highest BCUT2D eigenvalue weighted by Gasteiger charge is 2.22. The lowest BCUT2D eigenvalue weighted by Gasteiger charge is -2.12. The summed E-state index contributed by atoms with van der Waals surface area (Å²) in [5.41, 5.74) is -0.207. The number of aliphatic carboxylic acids is 1. The van der Waals surface area contributed by atoms with Gasteiger partial charge in [-0.05, 0) is 39.9 Å². The second-order valence-electron chi connectivity index (χ2n) is 4.34. The van der Waals surface area contributed by atoms with Gasteiger partial charge in [-0.25, -0.2) is 4.79 Å². The molecule has 0 unspecified atom stereocenters. The lowest BCUT2D eigenvalue weighted by atomic mass is 10.1. The Kier molecular flexibility index (Phi) is 7.12. The summed E-state index contributed by atoms with van der Waals surface area (Å²) in [6.45, 7) is 2.38. The van der Waals surface area contributed by atoms with Crippen LogP contribution in [0.3, 0.4) is 0 Å². The van der Waals surface area contributed by atoms with E-state index in [9.17, 15) is 13.2 Å². The smallest absolute Gasteiger partial charge is 0.332 e. The molecule has 18 heavy (non-hydrogen) atoms. The van der Waals surface area contributed by atoms with E-state index in [0.29, 0.717) is 19.4 Å². The summed E-state index contributed by atoms with van der Waals surface area (Å²) in [6.07, 6.45) is 1.15. The molecule has 0 aromatic rings. The number of allylic oxidation sites excluding steroid dienone is 1. The zero-order valence-corrected chi connectivity index (χ0v) is 11.8. The predicted octanol–water partition coefficient (Wildman–Crippen LogP) is 1.35. The third-order valence-electron chi connectivity index (χ3n) is 2.42. The normalized spacial score (nSPS) is 13.6. The van der Waals surface area contributed by atoms with Gasteiger partial charge in [0.1, 0.15) is 0 Å². The lowest BCUT2D eigenvalue weighted by molar-refractivity contribution is -0.132. The maximum atomic E-state index is 11.2. The number of hydrogen-bond donors (Lipinski definition) is 2. The van der Waals surface area contributed by atoms with Crippen molar-refractivity contribution >= 4 is 16.1 Å². The van der Waals surface area contributed by atoms with Crippen LogP contribution in [0.2, 0.25) is 0 Å². The van der Waals surface area contributed by atoms with Crippen LogP contribution in [-0.4, -0.2) is 49.6 Å². The van der Waals surface area contributed by atoms with Crippen LogP contribution >= 0.6 is 0 Å². The molecule has 0 bridgehead atoms. The van der Waals surface area contributed by atoms with Gasteiger partial charge in [0.05, 0.1) is 10.5 Å². The van der Waals surface area contributed by atoms with Crippen molar-refractivity contribution in [1.82, 2.24) is 4.90 Å². The zero-order chi connectivity index (χ0) is 14.3. The summed E-state index contributed by atoms with van der Waals surface area (Å²) in [7, 11) is -0.743. The minimum Gasteiger partial charge on any atom is -0.478 e. The number of carboxylic acid groups (broad SMARTS) is 1. The van der Waals surface area contributed by atoms with Crippen molar-refractivity contribution in [1.29, 1.82) is 0 Å². The SMILES string of the molecule is CCCC(=C(CCCN(C)C)C(=O)O)S(=O)(=O)O. The largest absolute Gasteiger partial charge is 0.478 e. The Morgan fingerprint density at radius 2 is 1.78 bits per heavy atom. The molecule has 0 aliphatic rings. The molecule has 0 rings (SSSR count). The fourth-order valence-corrected chi connectivity index (χ4v) is 2.56. The van der Waals surface area contributed by atoms with Crippen molar-refractivity contribution in [3.8, 4) is 0 Å². The topological polar surface area (TPSA) is 94.9 Å². The van der Waals surface area contributed by atoms with Crippen LogP contribution in [0.1, 0.15) is 32.6 Å². The number of hydrogen-bond acceptors (Lipinski definition) is 4. The van der Waals surface area contributed by atoms with Gasteiger partial charge in [-0.1, -0.05) is 13.3 Å². The van der Waals surface area contributed by atoms with Crippen LogP contribution < -0.4 is 0 Å². The zero-order valence-electron chi connectivity index (χ0n) is 11.0. The highest BCUT2D eigenvalue weighted by molar-refractivity contribution is 7.89. The summed E-state index contributed by atoms with van der Waals surface area (Å²) >= 11 is 0. The summed E-state index contributed by atoms with van der Waals surface area (Å²) in [6, 6.07) is 0. The van der Waals surface area contributed by atoms with E-state index in [1.54, 1.807) is 6.92 Å². The van der Waals surface area contributed by atoms with Gasteiger partial charge >= 0.3 is 5.97 Å². The van der Waals surface area contributed by atoms with Crippen molar-refractivity contribution < 1.29 is 22.9 Å². The molecule has 7 heteroatoms. The Bertz CT molecular complexity index is 411. The van der Waals surface area contributed by atoms with Gasteiger partial charge in [0, 0.05) is 0 Å². The van der Waals surface area contributed by atoms with Crippen molar-refractivity contribution in [2.24, 2.45) is 0 Å². The van der Waals surface area contributed by atoms with E-state index in [1.165, 1.54) is 0 Å². The molecule has 0 saturated heterocycles. The molecule has 0 spiro atoms. The minimum atomic E-state index is -4.44. The van der Waals surface area contributed by atoms with Crippen LogP contribution in [0, 0.1) is 0 Å². The fourth-order valence-electron chi connectivity index (χ4n) is 1.60. The van der Waals surface area contributed by atoms with Gasteiger partial charge in [-0.2, -0.15) is 8.42 Å². The van der Waals surface area contributed by atoms with E-state index < -0.39 is 16.1 Å². The van der Waals surface area contributed by atoms with Gasteiger partial charge in [-0.15, -0.1) is 0 Å². The molecule has 2 N–H and O–H groups in total. The summed E-state index contributed by atoms with van der Waals surface area (Å²) in [5.74, 6) is -1.28. The highest BCUT2D eigenvalue weighted by atomic mass is 32.2. The van der Waals surface area contributed by atoms with E-state index in [-0.39, 0.29) is 23.3 Å². The van der Waals surface area contributed by atoms with Crippen LogP contribution in [-0.2, 0) is 14.9 Å². The van der Waals surface area contributed by atoms with Crippen molar-refractivity contribution in [3.63, 3.8) is 0 Å². The molecule has 0 aromatic heterocycles. The van der Waals surface area contributed by atoms with Crippen LogP contribution in [0.4, 0.5) is 0 Å². The van der Waals surface area contributed by atoms with E-state index in [0.717, 1.165) is 0 Å². The summed E-state index contributed by atoms with van der Waals surface area (Å²) in [4.78, 5) is 12.6. The number of carbonyl (C=O) groups is 1. The third kappa shape index (κ3) is 6.13. The Labute approximate surface area is 108 Å². The second kappa shape index (κ2) is 7.50. The van der Waals surface area contributed by atoms with Gasteiger partial charge in [0.2, 0.25) is 0 Å². The minimum absolute atomic E-state index is 0.0441. The van der Waals surface area contributed by atoms with Crippen LogP contribution in [0.5, 0.6) is 0 Å². The first kappa shape index (κ1) is 17.1. The molecule has 0 fully saturated rings. The first-order valence-electron chi connectivity index (χ1n) is 5.77. The Morgan fingerprint density at radius 3 is 2.11 bits per heavy atom. The standard InChI is InChI=1S/C11H21NO5S/c1-4-6-10(18(15,16)17)9(11(13)14)7-5-8-12(2)3/h4-8H2,1-3H3,(H,13,14)(H,15,16,17). The maximum Gasteiger partial charge on any atom is 0.332 e. The van der Waals surface area contributed by atoms with E-state index in [4.69, 9.17) is 9.66 Å². The number of carboxylic acids is 1. The average Bonchev–Trinajstić information content (AvgIpc) is 2.19. The lowest BCUT2D eigenvalue weighted by Crippen LogP contribution is -2.16. The highest BCUT2D eigenvalue weighted by Crippen LogP contribution is 2.21. The van der Waals surface area contributed by atoms with E-state index in [2.05, 4.69) is 0 Å². The van der Waals surface area contributed by atoms with Crippen molar-refractivity contribution in [3.05, 3.63) is 10.5 Å². The van der Waals surface area contributed by atoms with Gasteiger partial charge in [0.25, 0.3) is 10.1 Å². The molecule has 0 aliphatic carbocycles. The quantitative estimate of drug-likeness (QED) is 0.514. The molecule has 0 amide bonds. The predicted molar refractivity (Wildman–Crippen MR) is 68.9 cm³/mol. The van der Waals surface area contributed by atoms with Gasteiger partial charge in [0.15, 0.2) is 0 Å². The molecule has 0 saturated carbocycles. The second-order valence-corrected chi connectivity index (χ2v) is 5.78. The summed E-state index contributed by atoms with van der Waals surface area (Å²) in [5, 5.41) is 9.05. The van der Waals surface area contributed by atoms with Gasteiger partial charge in [-0.3, -0.25) is 4.55 Å². The summed E-state index contributed by atoms with van der Waals surface area (Å²) < 4.78 is 31.5. The molecule has 0 radical (unpaired) electrons. The number of nitrogens with zero attached hydrogens (tertiary/aromatic N) is 1. The van der Waals surface area contributed by atoms with Crippen LogP contribution in [0.25, 0.3) is 0 Å². The molecule has 106 valence electrons. The monoisotopic (exact) mass is 279 g/mol. The first-order chi connectivity index (χ1) is 8.20. The number of rotatable bonds is 8. The molecule has 0 aromatic carbocycles. The van der Waals surface area contributed by atoms with Crippen molar-refractivity contribution in [2.45, 2.75) is 32.6 Å². The van der Waals surface area contributed by atoms with E-state index in [1.807, 2.05) is 19.0 Å². The molecule has 6 nitrogen and oxygen atoms in total. The van der Waals surface area contributed by atoms with Gasteiger partial charge < -0.3 is 10.0 Å². The fraction of sp³-hybridized carbons (Fsp3) is 0.727. The molecular weight excluding hydrogens is 258 g/mol. The Balaban J connectivity index is 5.17. The van der Waals surface area contributed by atoms with E-state index >= 15 is 0 Å². The molecule has 0 aliphatic heterocycles. The third-order valence-corrected chi connectivity index (χ3v) is 3.49. The molecule has 0 atom stereocenters. The Morgan fingerprint density at radius 1 is 1.22 bits per heavy atom. The molecular formula is C11H21NO5S. The maximum absolute atomic E-state index is 11.2. The average molecular weight is 279 g/mol. The first-order valence-corrected chi connectivity index (χ1v) is 7.21. The van der Waals surface area contributed by atoms with Crippen LogP contribution in [0.15, 0.2) is 10.5 Å².